The van der Waals surface area contributed by atoms with Gasteiger partial charge in [-0.05, 0) is 31.7 Å². The van der Waals surface area contributed by atoms with Crippen molar-refractivity contribution >= 4 is 17.7 Å². The van der Waals surface area contributed by atoms with Crippen LogP contribution in [0, 0.1) is 11.3 Å². The zero-order valence-electron chi connectivity index (χ0n) is 11.3. The predicted octanol–water partition coefficient (Wildman–Crippen LogP) is 2.09. The van der Waals surface area contributed by atoms with Crippen LogP contribution >= 0.6 is 11.8 Å². The van der Waals surface area contributed by atoms with Gasteiger partial charge in [-0.25, -0.2) is 0 Å². The minimum atomic E-state index is -0.0349. The van der Waals surface area contributed by atoms with Crippen LogP contribution in [0.3, 0.4) is 0 Å². The van der Waals surface area contributed by atoms with Crippen LogP contribution in [-0.4, -0.2) is 25.3 Å². The lowest BCUT2D eigenvalue weighted by Crippen LogP contribution is -2.25. The average molecular weight is 277 g/mol. The van der Waals surface area contributed by atoms with E-state index in [-0.39, 0.29) is 5.91 Å². The van der Waals surface area contributed by atoms with Crippen molar-refractivity contribution in [2.24, 2.45) is 0 Å². The van der Waals surface area contributed by atoms with E-state index in [2.05, 4.69) is 29.7 Å². The van der Waals surface area contributed by atoms with E-state index in [9.17, 15) is 4.79 Å². The Morgan fingerprint density at radius 3 is 3.00 bits per heavy atom. The van der Waals surface area contributed by atoms with Gasteiger partial charge in [-0.2, -0.15) is 5.26 Å². The van der Waals surface area contributed by atoms with E-state index in [0.29, 0.717) is 24.8 Å². The van der Waals surface area contributed by atoms with Gasteiger partial charge < -0.3 is 10.6 Å². The minimum Gasteiger partial charge on any atom is -0.354 e. The van der Waals surface area contributed by atoms with E-state index in [1.54, 1.807) is 0 Å². The van der Waals surface area contributed by atoms with Crippen molar-refractivity contribution in [2.45, 2.75) is 24.3 Å². The summed E-state index contributed by atoms with van der Waals surface area (Å²) in [7, 11) is 1.92. The number of nitriles is 1. The van der Waals surface area contributed by atoms with Crippen LogP contribution < -0.4 is 10.6 Å². The Hall–Kier alpha value is -1.51. The maximum atomic E-state index is 11.5. The standard InChI is InChI=1S/C14H19N3OS/c1-11(16-2)12-5-3-6-13(9-12)19-10-14(18)17-8-4-7-15/h3,5-6,9,11,16H,4,8,10H2,1-2H3,(H,17,18). The summed E-state index contributed by atoms with van der Waals surface area (Å²) in [6.45, 7) is 2.52. The molecule has 0 aromatic heterocycles. The summed E-state index contributed by atoms with van der Waals surface area (Å²) in [5, 5.41) is 14.3. The highest BCUT2D eigenvalue weighted by atomic mass is 32.2. The summed E-state index contributed by atoms with van der Waals surface area (Å²) in [4.78, 5) is 12.6. The topological polar surface area (TPSA) is 64.9 Å². The molecule has 0 aliphatic carbocycles. The Morgan fingerprint density at radius 2 is 2.32 bits per heavy atom. The average Bonchev–Trinajstić information content (AvgIpc) is 2.45. The molecule has 0 fully saturated rings. The maximum Gasteiger partial charge on any atom is 0.230 e. The lowest BCUT2D eigenvalue weighted by Gasteiger charge is -2.11. The van der Waals surface area contributed by atoms with E-state index in [1.165, 1.54) is 17.3 Å². The normalized spacial score (nSPS) is 11.6. The Labute approximate surface area is 118 Å². The number of carbonyl (C=O) groups excluding carboxylic acids is 1. The highest BCUT2D eigenvalue weighted by Crippen LogP contribution is 2.22. The Morgan fingerprint density at radius 1 is 1.53 bits per heavy atom. The first-order valence-electron chi connectivity index (χ1n) is 6.21. The van der Waals surface area contributed by atoms with Gasteiger partial charge in [-0.3, -0.25) is 4.79 Å². The number of rotatable bonds is 7. The molecule has 1 amide bonds. The monoisotopic (exact) mass is 277 g/mol. The molecule has 5 heteroatoms. The van der Waals surface area contributed by atoms with Crippen molar-refractivity contribution in [3.63, 3.8) is 0 Å². The quantitative estimate of drug-likeness (QED) is 0.591. The molecule has 0 aliphatic heterocycles. The molecule has 0 heterocycles. The molecule has 19 heavy (non-hydrogen) atoms. The van der Waals surface area contributed by atoms with Crippen LogP contribution in [-0.2, 0) is 4.79 Å². The Kier molecular flexibility index (Phi) is 7.01. The van der Waals surface area contributed by atoms with Gasteiger partial charge in [0, 0.05) is 17.5 Å². The second kappa shape index (κ2) is 8.57. The number of carbonyl (C=O) groups is 1. The van der Waals surface area contributed by atoms with Crippen molar-refractivity contribution in [1.29, 1.82) is 5.26 Å². The van der Waals surface area contributed by atoms with Gasteiger partial charge in [-0.1, -0.05) is 12.1 Å². The fourth-order valence-corrected chi connectivity index (χ4v) is 2.29. The molecular formula is C14H19N3OS. The maximum absolute atomic E-state index is 11.5. The number of thioether (sulfide) groups is 1. The molecule has 2 N–H and O–H groups in total. The molecule has 1 aromatic carbocycles. The fourth-order valence-electron chi connectivity index (χ4n) is 1.50. The van der Waals surface area contributed by atoms with Crippen LogP contribution in [0.5, 0.6) is 0 Å². The third-order valence-corrected chi connectivity index (χ3v) is 3.71. The second-order valence-electron chi connectivity index (χ2n) is 4.13. The molecule has 0 radical (unpaired) electrons. The molecule has 0 saturated heterocycles. The van der Waals surface area contributed by atoms with Crippen molar-refractivity contribution < 1.29 is 4.79 Å². The first-order valence-corrected chi connectivity index (χ1v) is 7.19. The Balaban J connectivity index is 2.45. The van der Waals surface area contributed by atoms with Crippen molar-refractivity contribution in [3.8, 4) is 6.07 Å². The van der Waals surface area contributed by atoms with Crippen LogP contribution in [0.25, 0.3) is 0 Å². The highest BCUT2D eigenvalue weighted by Gasteiger charge is 2.05. The Bertz CT molecular complexity index is 456. The summed E-state index contributed by atoms with van der Waals surface area (Å²) in [6, 6.07) is 10.4. The minimum absolute atomic E-state index is 0.0349. The second-order valence-corrected chi connectivity index (χ2v) is 5.18. The molecule has 0 aliphatic rings. The lowest BCUT2D eigenvalue weighted by molar-refractivity contribution is -0.118. The first kappa shape index (κ1) is 15.5. The molecule has 1 unspecified atom stereocenters. The van der Waals surface area contributed by atoms with Gasteiger partial charge in [-0.15, -0.1) is 11.8 Å². The van der Waals surface area contributed by atoms with Crippen LogP contribution in [0.2, 0.25) is 0 Å². The third kappa shape index (κ3) is 5.77. The van der Waals surface area contributed by atoms with Gasteiger partial charge in [0.2, 0.25) is 5.91 Å². The van der Waals surface area contributed by atoms with E-state index in [1.807, 2.05) is 25.2 Å². The SMILES string of the molecule is CNC(C)c1cccc(SCC(=O)NCCC#N)c1. The number of hydrogen-bond acceptors (Lipinski definition) is 4. The molecule has 4 nitrogen and oxygen atoms in total. The van der Waals surface area contributed by atoms with E-state index in [4.69, 9.17) is 5.26 Å². The molecule has 1 atom stereocenters. The van der Waals surface area contributed by atoms with Gasteiger partial charge in [0.05, 0.1) is 18.2 Å². The summed E-state index contributed by atoms with van der Waals surface area (Å²) in [5.74, 6) is 0.343. The van der Waals surface area contributed by atoms with Crippen molar-refractivity contribution in [1.82, 2.24) is 10.6 Å². The smallest absolute Gasteiger partial charge is 0.230 e. The summed E-state index contributed by atoms with van der Waals surface area (Å²) in [5.41, 5.74) is 1.21. The summed E-state index contributed by atoms with van der Waals surface area (Å²) in [6.07, 6.45) is 0.353. The molecule has 1 aromatic rings. The number of nitrogens with zero attached hydrogens (tertiary/aromatic N) is 1. The molecule has 102 valence electrons. The van der Waals surface area contributed by atoms with Crippen LogP contribution in [0.15, 0.2) is 29.2 Å². The van der Waals surface area contributed by atoms with Gasteiger partial charge in [0.1, 0.15) is 0 Å². The number of benzene rings is 1. The zero-order valence-corrected chi connectivity index (χ0v) is 12.1. The van der Waals surface area contributed by atoms with E-state index in [0.717, 1.165) is 4.90 Å². The molecule has 0 spiro atoms. The molecule has 0 bridgehead atoms. The van der Waals surface area contributed by atoms with Crippen molar-refractivity contribution in [2.75, 3.05) is 19.3 Å². The van der Waals surface area contributed by atoms with Crippen LogP contribution in [0.1, 0.15) is 24.9 Å². The molecule has 0 saturated carbocycles. The third-order valence-electron chi connectivity index (χ3n) is 2.72. The summed E-state index contributed by atoms with van der Waals surface area (Å²) < 4.78 is 0. The number of hydrogen-bond donors (Lipinski definition) is 2. The van der Waals surface area contributed by atoms with Gasteiger partial charge >= 0.3 is 0 Å². The number of nitrogens with one attached hydrogen (secondary N) is 2. The predicted molar refractivity (Wildman–Crippen MR) is 77.9 cm³/mol. The highest BCUT2D eigenvalue weighted by molar-refractivity contribution is 8.00. The van der Waals surface area contributed by atoms with E-state index < -0.39 is 0 Å². The zero-order chi connectivity index (χ0) is 14.1. The summed E-state index contributed by atoms with van der Waals surface area (Å²) >= 11 is 1.51. The van der Waals surface area contributed by atoms with Gasteiger partial charge in [0.25, 0.3) is 0 Å². The van der Waals surface area contributed by atoms with Gasteiger partial charge in [0.15, 0.2) is 0 Å². The first-order chi connectivity index (χ1) is 9.17. The largest absolute Gasteiger partial charge is 0.354 e. The van der Waals surface area contributed by atoms with Crippen molar-refractivity contribution in [3.05, 3.63) is 29.8 Å². The number of amides is 1. The molecular weight excluding hydrogens is 258 g/mol. The van der Waals surface area contributed by atoms with E-state index >= 15 is 0 Å². The fraction of sp³-hybridized carbons (Fsp3) is 0.429. The lowest BCUT2D eigenvalue weighted by atomic mass is 10.1. The molecule has 1 rings (SSSR count). The van der Waals surface area contributed by atoms with Crippen LogP contribution in [0.4, 0.5) is 0 Å².